The van der Waals surface area contributed by atoms with Gasteiger partial charge in [0.05, 0.1) is 30.1 Å². The fraction of sp³-hybridized carbons (Fsp3) is 0.429. The van der Waals surface area contributed by atoms with Gasteiger partial charge in [-0.05, 0) is 49.6 Å². The maximum atomic E-state index is 14.1. The maximum Gasteiger partial charge on any atom is 0.320 e. The summed E-state index contributed by atoms with van der Waals surface area (Å²) >= 11 is 0. The third-order valence-corrected chi connectivity index (χ3v) is 7.59. The fourth-order valence-electron chi connectivity index (χ4n) is 5.44. The average Bonchev–Trinajstić information content (AvgIpc) is 3.43. The van der Waals surface area contributed by atoms with E-state index in [1.807, 2.05) is 37.3 Å². The number of ether oxygens (including phenoxy) is 1. The first-order valence-corrected chi connectivity index (χ1v) is 12.9. The molecule has 1 saturated heterocycles. The summed E-state index contributed by atoms with van der Waals surface area (Å²) in [5.41, 5.74) is 3.15. The molecule has 2 heterocycles. The molecule has 10 heteroatoms. The number of aliphatic hydroxyl groups excluding tert-OH is 1. The number of rotatable bonds is 8. The molecule has 5 rings (SSSR count). The van der Waals surface area contributed by atoms with E-state index in [9.17, 15) is 18.7 Å². The molecule has 0 bridgehead atoms. The first kappa shape index (κ1) is 26.3. The molecule has 2 amide bonds. The Morgan fingerprint density at radius 1 is 1.13 bits per heavy atom. The van der Waals surface area contributed by atoms with Crippen molar-refractivity contribution >= 4 is 11.8 Å². The predicted octanol–water partition coefficient (Wildman–Crippen LogP) is 3.93. The van der Waals surface area contributed by atoms with Gasteiger partial charge in [-0.2, -0.15) is 5.10 Å². The van der Waals surface area contributed by atoms with Gasteiger partial charge in [-0.1, -0.05) is 24.3 Å². The van der Waals surface area contributed by atoms with E-state index in [1.54, 1.807) is 17.9 Å². The summed E-state index contributed by atoms with van der Waals surface area (Å²) in [5.74, 6) is -1.33. The number of carbonyl (C=O) groups excluding carboxylic acids is 1. The molecule has 2 aromatic carbocycles. The van der Waals surface area contributed by atoms with Crippen molar-refractivity contribution < 1.29 is 23.4 Å². The molecule has 1 saturated carbocycles. The number of nitrogens with one attached hydrogen (secondary N) is 2. The molecule has 2 atom stereocenters. The lowest BCUT2D eigenvalue weighted by molar-refractivity contribution is 0.0729. The van der Waals surface area contributed by atoms with Crippen molar-refractivity contribution in [3.8, 4) is 5.69 Å². The topological polar surface area (TPSA) is 91.7 Å². The first-order valence-electron chi connectivity index (χ1n) is 12.9. The van der Waals surface area contributed by atoms with Gasteiger partial charge in [0.2, 0.25) is 0 Å². The summed E-state index contributed by atoms with van der Waals surface area (Å²) in [5, 5.41) is 20.7. The number of anilines is 1. The number of methoxy groups -OCH3 is 1. The number of para-hydroxylation sites is 1. The number of hydrogen-bond donors (Lipinski definition) is 3. The number of aromatic nitrogens is 2. The number of amides is 2. The number of benzene rings is 2. The lowest BCUT2D eigenvalue weighted by atomic mass is 9.79. The molecule has 1 aromatic heterocycles. The van der Waals surface area contributed by atoms with Gasteiger partial charge in [0.1, 0.15) is 5.82 Å². The summed E-state index contributed by atoms with van der Waals surface area (Å²) in [7, 11) is 1.63. The Kier molecular flexibility index (Phi) is 7.73. The fourth-order valence-corrected chi connectivity index (χ4v) is 5.44. The monoisotopic (exact) mass is 525 g/mol. The third kappa shape index (κ3) is 5.43. The van der Waals surface area contributed by atoms with Gasteiger partial charge in [0.25, 0.3) is 0 Å². The standard InChI is InChI=1S/C28H33F2N5O3/c1-17-26(19-12-21(36)13-19)33-35(20-6-4-3-5-7-20)27(17)32-28(37)31-25-16-34(10-11-38-2)15-22(25)18-8-9-23(29)24(30)14-18/h3-9,14,19,21-22,25,36H,10-13,15-16H2,1-2H3,(H2,31,32,37)/t19?,21?,22?,25-/m1/s1. The molecule has 202 valence electrons. The first-order chi connectivity index (χ1) is 18.3. The van der Waals surface area contributed by atoms with Gasteiger partial charge in [0, 0.05) is 44.1 Å². The third-order valence-electron chi connectivity index (χ3n) is 7.59. The van der Waals surface area contributed by atoms with Crippen molar-refractivity contribution in [1.29, 1.82) is 0 Å². The van der Waals surface area contributed by atoms with E-state index in [2.05, 4.69) is 15.5 Å². The maximum absolute atomic E-state index is 14.1. The molecule has 0 radical (unpaired) electrons. The Bertz CT molecular complexity index is 1280. The molecule has 0 spiro atoms. The molecule has 3 aromatic rings. The quantitative estimate of drug-likeness (QED) is 0.415. The van der Waals surface area contributed by atoms with E-state index in [-0.39, 0.29) is 24.0 Å². The van der Waals surface area contributed by atoms with Gasteiger partial charge >= 0.3 is 6.03 Å². The molecule has 38 heavy (non-hydrogen) atoms. The van der Waals surface area contributed by atoms with Crippen LogP contribution in [0.2, 0.25) is 0 Å². The molecule has 3 N–H and O–H groups in total. The minimum atomic E-state index is -0.905. The summed E-state index contributed by atoms with van der Waals surface area (Å²) < 4.78 is 34.6. The summed E-state index contributed by atoms with van der Waals surface area (Å²) in [4.78, 5) is 15.5. The van der Waals surface area contributed by atoms with Gasteiger partial charge in [-0.25, -0.2) is 18.3 Å². The predicted molar refractivity (Wildman–Crippen MR) is 140 cm³/mol. The Hall–Kier alpha value is -3.34. The molecule has 2 fully saturated rings. The van der Waals surface area contributed by atoms with E-state index in [4.69, 9.17) is 9.84 Å². The highest BCUT2D eigenvalue weighted by atomic mass is 19.2. The number of likely N-dealkylation sites (tertiary alicyclic amines) is 1. The second-order valence-electron chi connectivity index (χ2n) is 10.2. The minimum absolute atomic E-state index is 0.139. The normalized spacial score (nSPS) is 23.3. The Morgan fingerprint density at radius 3 is 2.58 bits per heavy atom. The van der Waals surface area contributed by atoms with Crippen LogP contribution < -0.4 is 10.6 Å². The average molecular weight is 526 g/mol. The van der Waals surface area contributed by atoms with Crippen molar-refractivity contribution in [3.63, 3.8) is 0 Å². The van der Waals surface area contributed by atoms with Crippen LogP contribution in [0.15, 0.2) is 48.5 Å². The second kappa shape index (κ2) is 11.2. The zero-order valence-corrected chi connectivity index (χ0v) is 21.5. The minimum Gasteiger partial charge on any atom is -0.393 e. The van der Waals surface area contributed by atoms with Crippen LogP contribution >= 0.6 is 0 Å². The molecular formula is C28H33F2N5O3. The molecule has 1 aliphatic heterocycles. The molecular weight excluding hydrogens is 492 g/mol. The lowest BCUT2D eigenvalue weighted by Gasteiger charge is -2.30. The van der Waals surface area contributed by atoms with Crippen LogP contribution in [-0.2, 0) is 4.74 Å². The number of urea groups is 1. The van der Waals surface area contributed by atoms with Crippen LogP contribution in [0.1, 0.15) is 41.5 Å². The van der Waals surface area contributed by atoms with Gasteiger partial charge < -0.3 is 15.2 Å². The highest BCUT2D eigenvalue weighted by molar-refractivity contribution is 5.90. The van der Waals surface area contributed by atoms with E-state index in [0.717, 1.165) is 23.0 Å². The van der Waals surface area contributed by atoms with Gasteiger partial charge in [-0.15, -0.1) is 0 Å². The second-order valence-corrected chi connectivity index (χ2v) is 10.2. The van der Waals surface area contributed by atoms with Crippen molar-refractivity contribution in [2.45, 2.75) is 43.7 Å². The molecule has 1 unspecified atom stereocenters. The number of nitrogens with zero attached hydrogens (tertiary/aromatic N) is 3. The summed E-state index contributed by atoms with van der Waals surface area (Å²) in [6.07, 6.45) is 0.971. The number of carbonyl (C=O) groups is 1. The zero-order valence-electron chi connectivity index (χ0n) is 21.5. The molecule has 2 aliphatic rings. The van der Waals surface area contributed by atoms with Crippen LogP contribution in [0.3, 0.4) is 0 Å². The van der Waals surface area contributed by atoms with Crippen LogP contribution in [0.5, 0.6) is 0 Å². The van der Waals surface area contributed by atoms with Crippen molar-refractivity contribution in [3.05, 3.63) is 77.0 Å². The van der Waals surface area contributed by atoms with Crippen molar-refractivity contribution in [2.75, 3.05) is 38.7 Å². The van der Waals surface area contributed by atoms with Crippen molar-refractivity contribution in [1.82, 2.24) is 20.0 Å². The van der Waals surface area contributed by atoms with E-state index in [1.165, 1.54) is 6.07 Å². The Balaban J connectivity index is 1.38. The zero-order chi connectivity index (χ0) is 26.8. The number of halogens is 2. The van der Waals surface area contributed by atoms with Gasteiger partial charge in [-0.3, -0.25) is 10.2 Å². The Morgan fingerprint density at radius 2 is 1.89 bits per heavy atom. The Labute approximate surface area is 220 Å². The number of aliphatic hydroxyl groups is 1. The molecule has 1 aliphatic carbocycles. The van der Waals surface area contributed by atoms with Crippen LogP contribution in [-0.4, -0.2) is 71.3 Å². The largest absolute Gasteiger partial charge is 0.393 e. The van der Waals surface area contributed by atoms with Crippen LogP contribution in [0.4, 0.5) is 19.4 Å². The lowest BCUT2D eigenvalue weighted by Crippen LogP contribution is -2.42. The smallest absolute Gasteiger partial charge is 0.320 e. The van der Waals surface area contributed by atoms with E-state index < -0.39 is 17.7 Å². The summed E-state index contributed by atoms with van der Waals surface area (Å²) in [6.45, 7) is 4.23. The highest BCUT2D eigenvalue weighted by Crippen LogP contribution is 2.40. The summed E-state index contributed by atoms with van der Waals surface area (Å²) in [6, 6.07) is 12.7. The van der Waals surface area contributed by atoms with Crippen LogP contribution in [0, 0.1) is 18.6 Å². The molecule has 8 nitrogen and oxygen atoms in total. The number of hydrogen-bond acceptors (Lipinski definition) is 5. The van der Waals surface area contributed by atoms with Gasteiger partial charge in [0.15, 0.2) is 11.6 Å². The highest BCUT2D eigenvalue weighted by Gasteiger charge is 2.36. The van der Waals surface area contributed by atoms with E-state index in [0.29, 0.717) is 50.5 Å². The van der Waals surface area contributed by atoms with Crippen molar-refractivity contribution in [2.24, 2.45) is 0 Å². The SMILES string of the molecule is COCCN1CC(c2ccc(F)c(F)c2)[C@H](NC(=O)Nc2c(C)c(C3CC(O)C3)nn2-c2ccccc2)C1. The van der Waals surface area contributed by atoms with Crippen LogP contribution in [0.25, 0.3) is 5.69 Å². The van der Waals surface area contributed by atoms with E-state index >= 15 is 0 Å².